The number of urea groups is 1. The highest BCUT2D eigenvalue weighted by molar-refractivity contribution is 5.93. The van der Waals surface area contributed by atoms with E-state index in [0.29, 0.717) is 5.56 Å². The molecule has 23 heavy (non-hydrogen) atoms. The number of benzene rings is 1. The molecule has 5 heteroatoms. The molecule has 0 saturated carbocycles. The Morgan fingerprint density at radius 1 is 1.26 bits per heavy atom. The third kappa shape index (κ3) is 2.71. The molecule has 3 rings (SSSR count). The van der Waals surface area contributed by atoms with Gasteiger partial charge in [0.2, 0.25) is 0 Å². The molecule has 5 nitrogen and oxygen atoms in total. The van der Waals surface area contributed by atoms with Crippen LogP contribution < -0.4 is 10.9 Å². The summed E-state index contributed by atoms with van der Waals surface area (Å²) in [7, 11) is 1.77. The predicted octanol–water partition coefficient (Wildman–Crippen LogP) is 3.25. The first kappa shape index (κ1) is 15.6. The second kappa shape index (κ2) is 5.41. The number of rotatable bonds is 1. The van der Waals surface area contributed by atoms with E-state index in [9.17, 15) is 9.59 Å². The van der Waals surface area contributed by atoms with E-state index in [-0.39, 0.29) is 17.1 Å². The summed E-state index contributed by atoms with van der Waals surface area (Å²) >= 11 is 0. The normalized spacial score (nSPS) is 16.8. The Hall–Kier alpha value is -2.30. The highest BCUT2D eigenvalue weighted by Crippen LogP contribution is 2.29. The molecular formula is C18H23N3O2. The van der Waals surface area contributed by atoms with Crippen molar-refractivity contribution in [2.45, 2.75) is 39.2 Å². The highest BCUT2D eigenvalue weighted by atomic mass is 16.2. The molecule has 0 aliphatic carbocycles. The van der Waals surface area contributed by atoms with Gasteiger partial charge in [-0.25, -0.2) is 4.79 Å². The summed E-state index contributed by atoms with van der Waals surface area (Å²) in [5, 5.41) is 3.93. The number of pyridine rings is 1. The Morgan fingerprint density at radius 2 is 2.00 bits per heavy atom. The zero-order valence-electron chi connectivity index (χ0n) is 14.1. The van der Waals surface area contributed by atoms with Crippen molar-refractivity contribution in [1.29, 1.82) is 0 Å². The lowest BCUT2D eigenvalue weighted by molar-refractivity contribution is 0.178. The van der Waals surface area contributed by atoms with E-state index in [1.807, 2.05) is 29.2 Å². The van der Waals surface area contributed by atoms with Gasteiger partial charge in [0.25, 0.3) is 5.56 Å². The number of nitrogens with one attached hydrogen (secondary N) is 1. The maximum Gasteiger partial charge on any atom is 0.322 e. The van der Waals surface area contributed by atoms with E-state index >= 15 is 0 Å². The number of carbonyl (C=O) groups excluding carboxylic acids is 1. The highest BCUT2D eigenvalue weighted by Gasteiger charge is 2.35. The van der Waals surface area contributed by atoms with Crippen molar-refractivity contribution in [2.24, 2.45) is 7.05 Å². The Labute approximate surface area is 135 Å². The average Bonchev–Trinajstić information content (AvgIpc) is 2.84. The number of anilines is 1. The molecule has 1 aromatic carbocycles. The number of hydrogen-bond acceptors (Lipinski definition) is 2. The van der Waals surface area contributed by atoms with Crippen molar-refractivity contribution in [3.63, 3.8) is 0 Å². The summed E-state index contributed by atoms with van der Waals surface area (Å²) in [5.41, 5.74) is 2.22. The molecule has 0 bridgehead atoms. The largest absolute Gasteiger partial charge is 0.322 e. The summed E-state index contributed by atoms with van der Waals surface area (Å²) in [6.07, 6.45) is 2.07. The summed E-state index contributed by atoms with van der Waals surface area (Å²) in [5.74, 6) is 0. The van der Waals surface area contributed by atoms with Gasteiger partial charge in [0, 0.05) is 35.8 Å². The zero-order chi connectivity index (χ0) is 16.8. The van der Waals surface area contributed by atoms with Crippen LogP contribution in [0.5, 0.6) is 0 Å². The van der Waals surface area contributed by atoms with Crippen LogP contribution in [-0.4, -0.2) is 27.6 Å². The van der Waals surface area contributed by atoms with Crippen LogP contribution in [0.15, 0.2) is 29.1 Å². The zero-order valence-corrected chi connectivity index (χ0v) is 14.1. The van der Waals surface area contributed by atoms with Crippen LogP contribution in [0.3, 0.4) is 0 Å². The number of fused-ring (bicyclic) bond motifs is 1. The molecule has 122 valence electrons. The molecule has 1 N–H and O–H groups in total. The van der Waals surface area contributed by atoms with Crippen molar-refractivity contribution in [3.05, 3.63) is 40.2 Å². The minimum Gasteiger partial charge on any atom is -0.319 e. The molecule has 0 unspecified atom stereocenters. The first-order chi connectivity index (χ1) is 10.8. The third-order valence-corrected chi connectivity index (χ3v) is 4.80. The molecule has 1 aliphatic rings. The predicted molar refractivity (Wildman–Crippen MR) is 93.0 cm³/mol. The van der Waals surface area contributed by atoms with E-state index in [4.69, 9.17) is 0 Å². The molecule has 1 saturated heterocycles. The lowest BCUT2D eigenvalue weighted by Crippen LogP contribution is -2.44. The van der Waals surface area contributed by atoms with Gasteiger partial charge in [-0.3, -0.25) is 4.79 Å². The Bertz CT molecular complexity index is 836. The maximum atomic E-state index is 12.5. The number of aromatic nitrogens is 1. The van der Waals surface area contributed by atoms with Crippen LogP contribution >= 0.6 is 0 Å². The third-order valence-electron chi connectivity index (χ3n) is 4.80. The second-order valence-electron chi connectivity index (χ2n) is 6.96. The quantitative estimate of drug-likeness (QED) is 0.878. The minimum absolute atomic E-state index is 0.00750. The Kier molecular flexibility index (Phi) is 3.66. The number of carbonyl (C=O) groups is 1. The standard InChI is InChI=1S/C18H23N3O2/c1-12-10-13-11-14(6-7-15(13)20(4)16(12)22)19-17(23)21-9-5-8-18(21,2)3/h6-7,10-11H,5,8-9H2,1-4H3,(H,19,23). The number of amides is 2. The fourth-order valence-corrected chi connectivity index (χ4v) is 3.40. The first-order valence-corrected chi connectivity index (χ1v) is 7.99. The fourth-order valence-electron chi connectivity index (χ4n) is 3.40. The molecule has 1 fully saturated rings. The first-order valence-electron chi connectivity index (χ1n) is 7.99. The van der Waals surface area contributed by atoms with Gasteiger partial charge >= 0.3 is 6.03 Å². The van der Waals surface area contributed by atoms with Crippen LogP contribution in [0.4, 0.5) is 10.5 Å². The lowest BCUT2D eigenvalue weighted by Gasteiger charge is -2.31. The van der Waals surface area contributed by atoms with Gasteiger partial charge < -0.3 is 14.8 Å². The van der Waals surface area contributed by atoms with Crippen molar-refractivity contribution < 1.29 is 4.79 Å². The molecular weight excluding hydrogens is 290 g/mol. The summed E-state index contributed by atoms with van der Waals surface area (Å²) in [6.45, 7) is 6.79. The van der Waals surface area contributed by atoms with Gasteiger partial charge in [0.1, 0.15) is 0 Å². The number of likely N-dealkylation sites (tertiary alicyclic amines) is 1. The van der Waals surface area contributed by atoms with Crippen LogP contribution in [-0.2, 0) is 7.05 Å². The molecule has 0 spiro atoms. The summed E-state index contributed by atoms with van der Waals surface area (Å²) < 4.78 is 1.64. The van der Waals surface area contributed by atoms with Crippen LogP contribution in [0.25, 0.3) is 10.9 Å². The summed E-state index contributed by atoms with van der Waals surface area (Å²) in [4.78, 5) is 26.4. The van der Waals surface area contributed by atoms with Crippen LogP contribution in [0.1, 0.15) is 32.3 Å². The SMILES string of the molecule is Cc1cc2cc(NC(=O)N3CCCC3(C)C)ccc2n(C)c1=O. The van der Waals surface area contributed by atoms with E-state index in [1.165, 1.54) is 0 Å². The molecule has 0 radical (unpaired) electrons. The van der Waals surface area contributed by atoms with Crippen molar-refractivity contribution in [3.8, 4) is 0 Å². The number of aryl methyl sites for hydroxylation is 2. The summed E-state index contributed by atoms with van der Waals surface area (Å²) in [6, 6.07) is 7.45. The minimum atomic E-state index is -0.0958. The molecule has 2 aromatic rings. The Balaban J connectivity index is 1.91. The molecule has 1 aliphatic heterocycles. The lowest BCUT2D eigenvalue weighted by atomic mass is 10.0. The molecule has 2 heterocycles. The van der Waals surface area contributed by atoms with Gasteiger partial charge in [-0.1, -0.05) is 0 Å². The van der Waals surface area contributed by atoms with E-state index in [0.717, 1.165) is 36.0 Å². The van der Waals surface area contributed by atoms with Gasteiger partial charge in [0.05, 0.1) is 5.52 Å². The van der Waals surface area contributed by atoms with Crippen molar-refractivity contribution >= 4 is 22.6 Å². The van der Waals surface area contributed by atoms with Crippen LogP contribution in [0, 0.1) is 6.92 Å². The second-order valence-corrected chi connectivity index (χ2v) is 6.96. The van der Waals surface area contributed by atoms with Gasteiger partial charge in [-0.15, -0.1) is 0 Å². The topological polar surface area (TPSA) is 54.3 Å². The molecule has 0 atom stereocenters. The fraction of sp³-hybridized carbons (Fsp3) is 0.444. The molecule has 1 aromatic heterocycles. The van der Waals surface area contributed by atoms with E-state index in [1.54, 1.807) is 18.5 Å². The molecule has 2 amide bonds. The van der Waals surface area contributed by atoms with Crippen molar-refractivity contribution in [2.75, 3.05) is 11.9 Å². The maximum absolute atomic E-state index is 12.5. The van der Waals surface area contributed by atoms with Gasteiger partial charge in [0.15, 0.2) is 0 Å². The van der Waals surface area contributed by atoms with Crippen molar-refractivity contribution in [1.82, 2.24) is 9.47 Å². The average molecular weight is 313 g/mol. The monoisotopic (exact) mass is 313 g/mol. The van der Waals surface area contributed by atoms with Gasteiger partial charge in [-0.05, 0) is 57.9 Å². The smallest absolute Gasteiger partial charge is 0.319 e. The number of hydrogen-bond donors (Lipinski definition) is 1. The number of nitrogens with zero attached hydrogens (tertiary/aromatic N) is 2. The van der Waals surface area contributed by atoms with E-state index < -0.39 is 0 Å². The van der Waals surface area contributed by atoms with Gasteiger partial charge in [-0.2, -0.15) is 0 Å². The Morgan fingerprint density at radius 3 is 2.65 bits per heavy atom. The van der Waals surface area contributed by atoms with Crippen LogP contribution in [0.2, 0.25) is 0 Å². The van der Waals surface area contributed by atoms with E-state index in [2.05, 4.69) is 19.2 Å².